The lowest BCUT2D eigenvalue weighted by Gasteiger charge is -2.28. The number of carbonyl (C=O) groups excluding carboxylic acids is 2. The first-order chi connectivity index (χ1) is 14.3. The van der Waals surface area contributed by atoms with E-state index in [4.69, 9.17) is 4.74 Å². The molecule has 1 N–H and O–H groups in total. The summed E-state index contributed by atoms with van der Waals surface area (Å²) in [4.78, 5) is 21.1. The molecule has 2 rings (SSSR count). The third-order valence-corrected chi connectivity index (χ3v) is 3.61. The van der Waals surface area contributed by atoms with E-state index in [0.29, 0.717) is 0 Å². The fourth-order valence-electron chi connectivity index (χ4n) is 2.33. The van der Waals surface area contributed by atoms with Crippen LogP contribution in [0, 0.1) is 0 Å². The highest BCUT2D eigenvalue weighted by atomic mass is 16.5. The number of amides is 1. The molecule has 5 nitrogen and oxygen atoms in total. The predicted octanol–water partition coefficient (Wildman–Crippen LogP) is 6.88. The molecule has 0 radical (unpaired) electrons. The van der Waals surface area contributed by atoms with Crippen LogP contribution in [0.25, 0.3) is 5.57 Å². The van der Waals surface area contributed by atoms with Crippen LogP contribution in [-0.2, 0) is 19.8 Å². The molecule has 1 aromatic rings. The number of carbonyl (C=O) groups is 2. The van der Waals surface area contributed by atoms with Crippen LogP contribution in [0.5, 0.6) is 0 Å². The second-order valence-corrected chi connectivity index (χ2v) is 5.81. The van der Waals surface area contributed by atoms with Crippen LogP contribution in [0.2, 0.25) is 0 Å². The van der Waals surface area contributed by atoms with Gasteiger partial charge >= 0.3 is 12.1 Å². The lowest BCUT2D eigenvalue weighted by atomic mass is 9.86. The first-order valence-corrected chi connectivity index (χ1v) is 10.7. The van der Waals surface area contributed by atoms with E-state index in [1.165, 1.54) is 32.3 Å². The molecule has 30 heavy (non-hydrogen) atoms. The third-order valence-electron chi connectivity index (χ3n) is 3.61. The number of nitrogens with one attached hydrogen (secondary N) is 1. The molecule has 5 heteroatoms. The number of rotatable bonds is 3. The number of benzene rings is 1. The Morgan fingerprint density at radius 2 is 1.43 bits per heavy atom. The van der Waals surface area contributed by atoms with Crippen molar-refractivity contribution in [2.24, 2.45) is 0 Å². The summed E-state index contributed by atoms with van der Waals surface area (Å²) in [5.74, 6) is -0.245. The Morgan fingerprint density at radius 1 is 0.933 bits per heavy atom. The second kappa shape index (κ2) is 19.7. The van der Waals surface area contributed by atoms with Gasteiger partial charge in [0, 0.05) is 6.92 Å². The number of ether oxygens (including phenoxy) is 2. The van der Waals surface area contributed by atoms with Gasteiger partial charge in [0.15, 0.2) is 0 Å². The van der Waals surface area contributed by atoms with Crippen LogP contribution in [0.1, 0.15) is 79.9 Å². The van der Waals surface area contributed by atoms with Crippen LogP contribution >= 0.6 is 0 Å². The van der Waals surface area contributed by atoms with Crippen molar-refractivity contribution in [3.63, 3.8) is 0 Å². The molecule has 172 valence electrons. The normalized spacial score (nSPS) is 10.7. The monoisotopic (exact) mass is 421 g/mol. The molecular weight excluding hydrogens is 378 g/mol. The molecule has 0 fully saturated rings. The van der Waals surface area contributed by atoms with Crippen molar-refractivity contribution in [1.29, 1.82) is 0 Å². The number of hydrogen-bond acceptors (Lipinski definition) is 4. The molecule has 0 aromatic heterocycles. The zero-order valence-corrected chi connectivity index (χ0v) is 20.9. The minimum atomic E-state index is -0.479. The van der Waals surface area contributed by atoms with E-state index < -0.39 is 11.6 Å². The number of methoxy groups -OCH3 is 2. The van der Waals surface area contributed by atoms with Crippen LogP contribution in [0.4, 0.5) is 4.79 Å². The van der Waals surface area contributed by atoms with Crippen molar-refractivity contribution in [2.45, 2.75) is 74.3 Å². The molecular formula is C25H43NO4. The molecule has 0 aliphatic heterocycles. The summed E-state index contributed by atoms with van der Waals surface area (Å²) in [6.45, 7) is 17.3. The largest absolute Gasteiger partial charge is 0.469 e. The standard InChI is InChI=1S/C16H19NO2.C3H6O2.3C2H6/c1-16(2,17-15(18)19-3)14-11-7-6-10-13(14)12-8-4-5-9-12;1-3(4)5-2;3*1-2/h4-8,10-11H,9H2,1-3H3,(H,17,18);1-2H3;3*1-2H3. The average Bonchev–Trinajstić information content (AvgIpc) is 3.33. The van der Waals surface area contributed by atoms with Gasteiger partial charge in [0.1, 0.15) is 0 Å². The predicted molar refractivity (Wildman–Crippen MR) is 128 cm³/mol. The maximum absolute atomic E-state index is 11.5. The summed E-state index contributed by atoms with van der Waals surface area (Å²) in [5, 5.41) is 2.88. The molecule has 0 atom stereocenters. The number of alkyl carbamates (subject to hydrolysis) is 1. The summed E-state index contributed by atoms with van der Waals surface area (Å²) < 4.78 is 8.81. The summed E-state index contributed by atoms with van der Waals surface area (Å²) in [7, 11) is 2.73. The Hall–Kier alpha value is -2.56. The van der Waals surface area contributed by atoms with Crippen molar-refractivity contribution < 1.29 is 19.1 Å². The number of hydrogen-bond donors (Lipinski definition) is 1. The zero-order chi connectivity index (χ0) is 24.2. The average molecular weight is 422 g/mol. The molecule has 1 amide bonds. The number of allylic oxidation sites excluding steroid dienone is 4. The minimum Gasteiger partial charge on any atom is -0.469 e. The van der Waals surface area contributed by atoms with Crippen molar-refractivity contribution in [1.82, 2.24) is 5.32 Å². The van der Waals surface area contributed by atoms with Crippen LogP contribution in [0.3, 0.4) is 0 Å². The topological polar surface area (TPSA) is 64.6 Å². The van der Waals surface area contributed by atoms with E-state index in [0.717, 1.165) is 12.0 Å². The van der Waals surface area contributed by atoms with Crippen LogP contribution < -0.4 is 5.32 Å². The van der Waals surface area contributed by atoms with E-state index in [1.54, 1.807) is 0 Å². The molecule has 0 heterocycles. The SMILES string of the molecule is CC.CC.CC.COC(=O)NC(C)(C)c1ccccc1C1=CC=CC1.COC(C)=O. The molecule has 0 unspecified atom stereocenters. The van der Waals surface area contributed by atoms with Gasteiger partial charge in [-0.2, -0.15) is 0 Å². The molecule has 0 spiro atoms. The van der Waals surface area contributed by atoms with E-state index in [2.05, 4.69) is 34.3 Å². The van der Waals surface area contributed by atoms with Gasteiger partial charge in [-0.1, -0.05) is 84.0 Å². The van der Waals surface area contributed by atoms with Crippen LogP contribution in [-0.4, -0.2) is 26.3 Å². The van der Waals surface area contributed by atoms with E-state index >= 15 is 0 Å². The van der Waals surface area contributed by atoms with Gasteiger partial charge in [-0.25, -0.2) is 4.79 Å². The van der Waals surface area contributed by atoms with Gasteiger partial charge < -0.3 is 14.8 Å². The summed E-state index contributed by atoms with van der Waals surface area (Å²) in [5.41, 5.74) is 3.06. The fraction of sp³-hybridized carbons (Fsp3) is 0.520. The van der Waals surface area contributed by atoms with E-state index in [-0.39, 0.29) is 5.97 Å². The minimum absolute atomic E-state index is 0.245. The fourth-order valence-corrected chi connectivity index (χ4v) is 2.33. The Kier molecular flexibility index (Phi) is 21.1. The lowest BCUT2D eigenvalue weighted by molar-refractivity contribution is -0.137. The highest BCUT2D eigenvalue weighted by Gasteiger charge is 2.26. The third kappa shape index (κ3) is 12.8. The maximum atomic E-state index is 11.5. The molecule has 1 aliphatic rings. The maximum Gasteiger partial charge on any atom is 0.407 e. The van der Waals surface area contributed by atoms with E-state index in [9.17, 15) is 9.59 Å². The Morgan fingerprint density at radius 3 is 1.83 bits per heavy atom. The Balaban J connectivity index is -0.000000563. The highest BCUT2D eigenvalue weighted by molar-refractivity contribution is 5.75. The van der Waals surface area contributed by atoms with Crippen molar-refractivity contribution in [3.8, 4) is 0 Å². The molecule has 0 saturated heterocycles. The second-order valence-electron chi connectivity index (χ2n) is 5.81. The summed E-state index contributed by atoms with van der Waals surface area (Å²) >= 11 is 0. The van der Waals surface area contributed by atoms with Crippen LogP contribution in [0.15, 0.2) is 42.5 Å². The van der Waals surface area contributed by atoms with Gasteiger partial charge in [0.05, 0.1) is 19.8 Å². The van der Waals surface area contributed by atoms with Gasteiger partial charge in [0.25, 0.3) is 0 Å². The summed E-state index contributed by atoms with van der Waals surface area (Å²) in [6.07, 6.45) is 6.83. The van der Waals surface area contributed by atoms with Gasteiger partial charge in [-0.3, -0.25) is 4.79 Å². The Bertz CT molecular complexity index is 646. The van der Waals surface area contributed by atoms with E-state index in [1.807, 2.05) is 73.6 Å². The van der Waals surface area contributed by atoms with Gasteiger partial charge in [0.2, 0.25) is 0 Å². The lowest BCUT2D eigenvalue weighted by Crippen LogP contribution is -2.41. The number of esters is 1. The molecule has 1 aliphatic carbocycles. The van der Waals surface area contributed by atoms with Gasteiger partial charge in [-0.05, 0) is 37.0 Å². The smallest absolute Gasteiger partial charge is 0.407 e. The highest BCUT2D eigenvalue weighted by Crippen LogP contribution is 2.32. The Labute approximate surface area is 184 Å². The van der Waals surface area contributed by atoms with Crippen molar-refractivity contribution in [2.75, 3.05) is 14.2 Å². The molecule has 0 saturated carbocycles. The van der Waals surface area contributed by atoms with Crippen molar-refractivity contribution in [3.05, 3.63) is 53.6 Å². The first-order valence-electron chi connectivity index (χ1n) is 10.7. The zero-order valence-electron chi connectivity index (χ0n) is 20.9. The van der Waals surface area contributed by atoms with Gasteiger partial charge in [-0.15, -0.1) is 0 Å². The molecule has 1 aromatic carbocycles. The molecule has 0 bridgehead atoms. The first kappa shape index (κ1) is 32.1. The quantitative estimate of drug-likeness (QED) is 0.540. The van der Waals surface area contributed by atoms with Crippen molar-refractivity contribution >= 4 is 17.6 Å². The summed E-state index contributed by atoms with van der Waals surface area (Å²) in [6, 6.07) is 8.15.